The number of aromatic hydroxyl groups is 1. The van der Waals surface area contributed by atoms with Gasteiger partial charge in [-0.3, -0.25) is 0 Å². The molecule has 2 rings (SSSR count). The summed E-state index contributed by atoms with van der Waals surface area (Å²) in [5, 5.41) is 20.2. The molecule has 2 aromatic rings. The number of nitrogens with two attached hydrogens (primary N) is 1. The molecule has 17 heavy (non-hydrogen) atoms. The number of tetrazole rings is 1. The molecule has 6 nitrogen and oxygen atoms in total. The molecule has 90 valence electrons. The van der Waals surface area contributed by atoms with Crippen molar-refractivity contribution in [3.8, 4) is 17.1 Å². The molecule has 0 spiro atoms. The van der Waals surface area contributed by atoms with Gasteiger partial charge in [-0.1, -0.05) is 0 Å². The van der Waals surface area contributed by atoms with Crippen LogP contribution in [-0.4, -0.2) is 31.9 Å². The summed E-state index contributed by atoms with van der Waals surface area (Å²) >= 11 is 0. The van der Waals surface area contributed by atoms with Crippen molar-refractivity contribution in [2.75, 3.05) is 6.54 Å². The molecule has 0 saturated heterocycles. The minimum atomic E-state index is -0.561. The van der Waals surface area contributed by atoms with E-state index in [4.69, 9.17) is 10.8 Å². The summed E-state index contributed by atoms with van der Waals surface area (Å²) in [7, 11) is 0. The van der Waals surface area contributed by atoms with Crippen LogP contribution in [0.5, 0.6) is 5.75 Å². The number of hydrogen-bond donors (Lipinski definition) is 2. The van der Waals surface area contributed by atoms with Gasteiger partial charge < -0.3 is 10.8 Å². The Balaban J connectivity index is 2.35. The fraction of sp³-hybridized carbons (Fsp3) is 0.300. The Bertz CT molecular complexity index is 513. The Morgan fingerprint density at radius 1 is 1.41 bits per heavy atom. The summed E-state index contributed by atoms with van der Waals surface area (Å²) in [4.78, 5) is 0. The molecule has 0 radical (unpaired) electrons. The van der Waals surface area contributed by atoms with E-state index in [1.807, 2.05) is 0 Å². The molecular weight excluding hydrogens is 225 g/mol. The van der Waals surface area contributed by atoms with Crippen molar-refractivity contribution in [3.63, 3.8) is 0 Å². The average Bonchev–Trinajstić information content (AvgIpc) is 2.74. The molecule has 0 fully saturated rings. The van der Waals surface area contributed by atoms with Crippen molar-refractivity contribution < 1.29 is 9.50 Å². The highest BCUT2D eigenvalue weighted by Crippen LogP contribution is 2.23. The highest BCUT2D eigenvalue weighted by atomic mass is 19.1. The zero-order valence-corrected chi connectivity index (χ0v) is 9.04. The van der Waals surface area contributed by atoms with Crippen LogP contribution in [0.2, 0.25) is 0 Å². The third-order valence-electron chi connectivity index (χ3n) is 2.30. The summed E-state index contributed by atoms with van der Waals surface area (Å²) in [6.07, 6.45) is 0.706. The van der Waals surface area contributed by atoms with Crippen LogP contribution >= 0.6 is 0 Å². The number of halogens is 1. The van der Waals surface area contributed by atoms with Crippen molar-refractivity contribution in [1.82, 2.24) is 20.2 Å². The first-order valence-electron chi connectivity index (χ1n) is 5.17. The van der Waals surface area contributed by atoms with E-state index in [9.17, 15) is 4.39 Å². The molecule has 0 amide bonds. The maximum absolute atomic E-state index is 13.6. The maximum atomic E-state index is 13.6. The summed E-state index contributed by atoms with van der Waals surface area (Å²) in [6.45, 7) is 1.04. The molecule has 1 heterocycles. The normalized spacial score (nSPS) is 10.7. The molecule has 0 aliphatic carbocycles. The SMILES string of the molecule is NCCCn1nnnc1-c1ccc(O)cc1F. The quantitative estimate of drug-likeness (QED) is 0.809. The summed E-state index contributed by atoms with van der Waals surface area (Å²) in [5.41, 5.74) is 5.65. The molecule has 1 aromatic carbocycles. The van der Waals surface area contributed by atoms with Gasteiger partial charge in [0.2, 0.25) is 0 Å². The Hall–Kier alpha value is -2.02. The summed E-state index contributed by atoms with van der Waals surface area (Å²) in [6, 6.07) is 3.85. The van der Waals surface area contributed by atoms with Crippen LogP contribution in [0.1, 0.15) is 6.42 Å². The molecule has 0 aliphatic rings. The first-order chi connectivity index (χ1) is 8.22. The van der Waals surface area contributed by atoms with E-state index in [1.54, 1.807) is 0 Å². The Kier molecular flexibility index (Phi) is 3.29. The molecule has 7 heteroatoms. The second kappa shape index (κ2) is 4.88. The third kappa shape index (κ3) is 2.39. The molecule has 1 aromatic heterocycles. The van der Waals surface area contributed by atoms with Gasteiger partial charge in [0, 0.05) is 12.6 Å². The van der Waals surface area contributed by atoms with Crippen LogP contribution in [0.3, 0.4) is 0 Å². The van der Waals surface area contributed by atoms with Crippen molar-refractivity contribution in [1.29, 1.82) is 0 Å². The second-order valence-corrected chi connectivity index (χ2v) is 3.53. The topological polar surface area (TPSA) is 89.9 Å². The van der Waals surface area contributed by atoms with Crippen molar-refractivity contribution in [2.45, 2.75) is 13.0 Å². The molecule has 3 N–H and O–H groups in total. The fourth-order valence-electron chi connectivity index (χ4n) is 1.47. The molecule has 0 unspecified atom stereocenters. The maximum Gasteiger partial charge on any atom is 0.184 e. The van der Waals surface area contributed by atoms with Crippen LogP contribution in [0.15, 0.2) is 18.2 Å². The van der Waals surface area contributed by atoms with Crippen LogP contribution in [0, 0.1) is 5.82 Å². The smallest absolute Gasteiger partial charge is 0.184 e. The van der Waals surface area contributed by atoms with E-state index in [0.29, 0.717) is 25.3 Å². The van der Waals surface area contributed by atoms with Gasteiger partial charge in [-0.25, -0.2) is 9.07 Å². The summed E-state index contributed by atoms with van der Waals surface area (Å²) in [5.74, 6) is -0.364. The van der Waals surface area contributed by atoms with Gasteiger partial charge in [0.25, 0.3) is 0 Å². The zero-order chi connectivity index (χ0) is 12.3. The van der Waals surface area contributed by atoms with Crippen molar-refractivity contribution in [2.24, 2.45) is 5.73 Å². The number of benzene rings is 1. The third-order valence-corrected chi connectivity index (χ3v) is 2.30. The van der Waals surface area contributed by atoms with Crippen LogP contribution in [0.4, 0.5) is 4.39 Å². The number of aryl methyl sites for hydroxylation is 1. The number of rotatable bonds is 4. The standard InChI is InChI=1S/C10H12FN5O/c11-9-6-7(17)2-3-8(9)10-13-14-15-16(10)5-1-4-12/h2-3,6,17H,1,4-5,12H2. The van der Waals surface area contributed by atoms with Gasteiger partial charge in [0.1, 0.15) is 11.6 Å². The lowest BCUT2D eigenvalue weighted by Gasteiger charge is -2.04. The minimum absolute atomic E-state index is 0.132. The van der Waals surface area contributed by atoms with E-state index < -0.39 is 5.82 Å². The lowest BCUT2D eigenvalue weighted by Crippen LogP contribution is -2.08. The number of aromatic nitrogens is 4. The highest BCUT2D eigenvalue weighted by molar-refractivity contribution is 5.56. The monoisotopic (exact) mass is 237 g/mol. The van der Waals surface area contributed by atoms with Crippen LogP contribution in [0.25, 0.3) is 11.4 Å². The molecule has 0 bridgehead atoms. The van der Waals surface area contributed by atoms with E-state index in [1.165, 1.54) is 16.8 Å². The Morgan fingerprint density at radius 2 is 2.24 bits per heavy atom. The number of phenols is 1. The van der Waals surface area contributed by atoms with Crippen LogP contribution in [-0.2, 0) is 6.54 Å². The van der Waals surface area contributed by atoms with E-state index in [0.717, 1.165) is 6.07 Å². The van der Waals surface area contributed by atoms with Crippen molar-refractivity contribution in [3.05, 3.63) is 24.0 Å². The summed E-state index contributed by atoms with van der Waals surface area (Å²) < 4.78 is 15.1. The number of phenolic OH excluding ortho intramolecular Hbond substituents is 1. The highest BCUT2D eigenvalue weighted by Gasteiger charge is 2.13. The Morgan fingerprint density at radius 3 is 2.94 bits per heavy atom. The lowest BCUT2D eigenvalue weighted by atomic mass is 10.2. The van der Waals surface area contributed by atoms with E-state index >= 15 is 0 Å². The number of hydrogen-bond acceptors (Lipinski definition) is 5. The lowest BCUT2D eigenvalue weighted by molar-refractivity contribution is 0.469. The minimum Gasteiger partial charge on any atom is -0.508 e. The molecule has 0 atom stereocenters. The number of nitrogens with zero attached hydrogens (tertiary/aromatic N) is 4. The second-order valence-electron chi connectivity index (χ2n) is 3.53. The molecule has 0 aliphatic heterocycles. The van der Waals surface area contributed by atoms with Gasteiger partial charge in [-0.05, 0) is 35.5 Å². The molecule has 0 saturated carbocycles. The van der Waals surface area contributed by atoms with E-state index in [2.05, 4.69) is 15.5 Å². The van der Waals surface area contributed by atoms with Gasteiger partial charge in [-0.15, -0.1) is 5.10 Å². The predicted molar refractivity (Wildman–Crippen MR) is 58.5 cm³/mol. The van der Waals surface area contributed by atoms with Gasteiger partial charge in [-0.2, -0.15) is 0 Å². The zero-order valence-electron chi connectivity index (χ0n) is 9.04. The molecular formula is C10H12FN5O. The average molecular weight is 237 g/mol. The largest absolute Gasteiger partial charge is 0.508 e. The first-order valence-corrected chi connectivity index (χ1v) is 5.17. The van der Waals surface area contributed by atoms with Gasteiger partial charge >= 0.3 is 0 Å². The Labute approximate surface area is 96.9 Å². The first kappa shape index (κ1) is 11.5. The van der Waals surface area contributed by atoms with Gasteiger partial charge in [0.15, 0.2) is 5.82 Å². The van der Waals surface area contributed by atoms with Gasteiger partial charge in [0.05, 0.1) is 5.56 Å². The van der Waals surface area contributed by atoms with Crippen LogP contribution < -0.4 is 5.73 Å². The predicted octanol–water partition coefficient (Wildman–Crippen LogP) is 0.534. The van der Waals surface area contributed by atoms with Crippen molar-refractivity contribution >= 4 is 0 Å². The fourth-order valence-corrected chi connectivity index (χ4v) is 1.47. The van der Waals surface area contributed by atoms with E-state index in [-0.39, 0.29) is 11.3 Å².